The number of aromatic nitrogens is 2. The Balaban J connectivity index is 1.71. The fourth-order valence-electron chi connectivity index (χ4n) is 2.15. The number of nitrogens with zero attached hydrogens (tertiary/aromatic N) is 2. The maximum atomic E-state index is 12.0. The summed E-state index contributed by atoms with van der Waals surface area (Å²) in [6.07, 6.45) is 3.06. The Labute approximate surface area is 132 Å². The first-order valence-electron chi connectivity index (χ1n) is 6.62. The number of halogens is 1. The molecule has 0 saturated carbocycles. The van der Waals surface area contributed by atoms with E-state index in [0.717, 1.165) is 11.3 Å². The molecule has 3 rings (SSSR count). The largest absolute Gasteiger partial charge is 0.454 e. The molecule has 1 aromatic heterocycles. The van der Waals surface area contributed by atoms with Crippen LogP contribution in [0.2, 0.25) is 5.15 Å². The first kappa shape index (κ1) is 14.5. The van der Waals surface area contributed by atoms with Gasteiger partial charge in [-0.3, -0.25) is 9.48 Å². The summed E-state index contributed by atoms with van der Waals surface area (Å²) in [7, 11) is 1.75. The molecule has 1 aliphatic rings. The summed E-state index contributed by atoms with van der Waals surface area (Å²) in [5, 5.41) is 7.43. The van der Waals surface area contributed by atoms with Crippen LogP contribution in [0.15, 0.2) is 24.3 Å². The molecule has 0 atom stereocenters. The first-order valence-corrected chi connectivity index (χ1v) is 7.00. The number of hydrogen-bond donors (Lipinski definition) is 1. The Hall–Kier alpha value is -2.47. The van der Waals surface area contributed by atoms with E-state index in [-0.39, 0.29) is 12.7 Å². The molecule has 0 bridgehead atoms. The van der Waals surface area contributed by atoms with Crippen LogP contribution < -0.4 is 14.8 Å². The minimum Gasteiger partial charge on any atom is -0.454 e. The standard InChI is InChI=1S/C15H14ClN3O3/c1-9-11(15(16)19(2)18-9)4-6-14(20)17-10-3-5-12-13(7-10)22-8-21-12/h3-7H,8H2,1-2H3,(H,17,20)/b6-4+. The van der Waals surface area contributed by atoms with Gasteiger partial charge in [0.05, 0.1) is 5.69 Å². The zero-order valence-corrected chi connectivity index (χ0v) is 12.8. The molecule has 0 aliphatic carbocycles. The molecule has 0 unspecified atom stereocenters. The molecular formula is C15H14ClN3O3. The van der Waals surface area contributed by atoms with Gasteiger partial charge >= 0.3 is 0 Å². The average Bonchev–Trinajstić information content (AvgIpc) is 3.02. The predicted octanol–water partition coefficient (Wildman–Crippen LogP) is 2.76. The maximum absolute atomic E-state index is 12.0. The quantitative estimate of drug-likeness (QED) is 0.883. The molecule has 0 radical (unpaired) electrons. The third-order valence-electron chi connectivity index (χ3n) is 3.24. The third-order valence-corrected chi connectivity index (χ3v) is 3.69. The highest BCUT2D eigenvalue weighted by Gasteiger charge is 2.14. The third kappa shape index (κ3) is 2.78. The van der Waals surface area contributed by atoms with E-state index in [1.807, 2.05) is 6.92 Å². The highest BCUT2D eigenvalue weighted by molar-refractivity contribution is 6.31. The zero-order chi connectivity index (χ0) is 15.7. The number of amides is 1. The van der Waals surface area contributed by atoms with Gasteiger partial charge in [0.2, 0.25) is 12.7 Å². The number of carbonyl (C=O) groups excluding carboxylic acids is 1. The lowest BCUT2D eigenvalue weighted by molar-refractivity contribution is -0.111. The van der Waals surface area contributed by atoms with Crippen molar-refractivity contribution in [3.05, 3.63) is 40.7 Å². The van der Waals surface area contributed by atoms with Gasteiger partial charge in [-0.2, -0.15) is 5.10 Å². The van der Waals surface area contributed by atoms with Crippen LogP contribution in [-0.4, -0.2) is 22.5 Å². The van der Waals surface area contributed by atoms with E-state index in [0.29, 0.717) is 22.3 Å². The van der Waals surface area contributed by atoms with Gasteiger partial charge in [0.15, 0.2) is 11.5 Å². The van der Waals surface area contributed by atoms with Crippen LogP contribution in [0.3, 0.4) is 0 Å². The van der Waals surface area contributed by atoms with Crippen LogP contribution in [0, 0.1) is 6.92 Å². The molecule has 1 N–H and O–H groups in total. The SMILES string of the molecule is Cc1nn(C)c(Cl)c1/C=C/C(=O)Nc1ccc2c(c1)OCO2. The second kappa shape index (κ2) is 5.73. The monoisotopic (exact) mass is 319 g/mol. The topological polar surface area (TPSA) is 65.4 Å². The Kier molecular flexibility index (Phi) is 3.77. The lowest BCUT2D eigenvalue weighted by Crippen LogP contribution is -2.07. The second-order valence-electron chi connectivity index (χ2n) is 4.80. The van der Waals surface area contributed by atoms with Gasteiger partial charge in [-0.05, 0) is 25.1 Å². The summed E-state index contributed by atoms with van der Waals surface area (Å²) in [5.74, 6) is 1.03. The predicted molar refractivity (Wildman–Crippen MR) is 83.2 cm³/mol. The van der Waals surface area contributed by atoms with Crippen LogP contribution in [-0.2, 0) is 11.8 Å². The molecule has 1 aliphatic heterocycles. The smallest absolute Gasteiger partial charge is 0.248 e. The van der Waals surface area contributed by atoms with Gasteiger partial charge in [-0.25, -0.2) is 0 Å². The zero-order valence-electron chi connectivity index (χ0n) is 12.1. The summed E-state index contributed by atoms with van der Waals surface area (Å²) in [6, 6.07) is 5.22. The number of ether oxygens (including phenoxy) is 2. The molecule has 0 fully saturated rings. The van der Waals surface area contributed by atoms with Crippen LogP contribution >= 0.6 is 11.6 Å². The molecule has 0 spiro atoms. The molecule has 0 saturated heterocycles. The molecule has 1 amide bonds. The average molecular weight is 320 g/mol. The van der Waals surface area contributed by atoms with Gasteiger partial charge in [-0.15, -0.1) is 0 Å². The first-order chi connectivity index (χ1) is 10.5. The van der Waals surface area contributed by atoms with Gasteiger partial charge < -0.3 is 14.8 Å². The number of benzene rings is 1. The minimum absolute atomic E-state index is 0.200. The lowest BCUT2D eigenvalue weighted by Gasteiger charge is -2.03. The Morgan fingerprint density at radius 3 is 2.91 bits per heavy atom. The number of fused-ring (bicyclic) bond motifs is 1. The van der Waals surface area contributed by atoms with E-state index >= 15 is 0 Å². The lowest BCUT2D eigenvalue weighted by atomic mass is 10.2. The Morgan fingerprint density at radius 1 is 1.41 bits per heavy atom. The van der Waals surface area contributed by atoms with E-state index in [4.69, 9.17) is 21.1 Å². The van der Waals surface area contributed by atoms with Crippen molar-refractivity contribution in [1.29, 1.82) is 0 Å². The highest BCUT2D eigenvalue weighted by Crippen LogP contribution is 2.34. The van der Waals surface area contributed by atoms with Crippen LogP contribution in [0.25, 0.3) is 6.08 Å². The van der Waals surface area contributed by atoms with Gasteiger partial charge in [0.1, 0.15) is 5.15 Å². The number of rotatable bonds is 3. The molecule has 114 valence electrons. The van der Waals surface area contributed by atoms with Crippen molar-refractivity contribution in [1.82, 2.24) is 9.78 Å². The van der Waals surface area contributed by atoms with Crippen molar-refractivity contribution < 1.29 is 14.3 Å². The van der Waals surface area contributed by atoms with Gasteiger partial charge in [-0.1, -0.05) is 11.6 Å². The molecular weight excluding hydrogens is 306 g/mol. The summed E-state index contributed by atoms with van der Waals surface area (Å²) in [6.45, 7) is 2.03. The van der Waals surface area contributed by atoms with Crippen LogP contribution in [0.4, 0.5) is 5.69 Å². The van der Waals surface area contributed by atoms with E-state index in [1.165, 1.54) is 6.08 Å². The highest BCUT2D eigenvalue weighted by atomic mass is 35.5. The maximum Gasteiger partial charge on any atom is 0.248 e. The van der Waals surface area contributed by atoms with E-state index in [9.17, 15) is 4.79 Å². The van der Waals surface area contributed by atoms with Crippen molar-refractivity contribution in [2.75, 3.05) is 12.1 Å². The van der Waals surface area contributed by atoms with Crippen molar-refractivity contribution in [3.63, 3.8) is 0 Å². The Bertz CT molecular complexity index is 768. The van der Waals surface area contributed by atoms with E-state index in [2.05, 4.69) is 10.4 Å². The number of carbonyl (C=O) groups is 1. The van der Waals surface area contributed by atoms with Gasteiger partial charge in [0, 0.05) is 30.4 Å². The molecule has 6 nitrogen and oxygen atoms in total. The number of anilines is 1. The number of hydrogen-bond acceptors (Lipinski definition) is 4. The van der Waals surface area contributed by atoms with Crippen molar-refractivity contribution in [2.45, 2.75) is 6.92 Å². The van der Waals surface area contributed by atoms with Crippen molar-refractivity contribution in [2.24, 2.45) is 7.05 Å². The van der Waals surface area contributed by atoms with Crippen molar-refractivity contribution in [3.8, 4) is 11.5 Å². The fourth-order valence-corrected chi connectivity index (χ4v) is 2.39. The summed E-state index contributed by atoms with van der Waals surface area (Å²) < 4.78 is 12.0. The normalized spacial score (nSPS) is 12.9. The summed E-state index contributed by atoms with van der Waals surface area (Å²) >= 11 is 6.11. The molecule has 2 heterocycles. The molecule has 1 aromatic carbocycles. The number of aryl methyl sites for hydroxylation is 2. The fraction of sp³-hybridized carbons (Fsp3) is 0.200. The Morgan fingerprint density at radius 2 is 2.18 bits per heavy atom. The van der Waals surface area contributed by atoms with Crippen molar-refractivity contribution >= 4 is 29.3 Å². The molecule has 7 heteroatoms. The van der Waals surface area contributed by atoms with Crippen LogP contribution in [0.1, 0.15) is 11.3 Å². The van der Waals surface area contributed by atoms with Crippen LogP contribution in [0.5, 0.6) is 11.5 Å². The molecule has 22 heavy (non-hydrogen) atoms. The number of nitrogens with one attached hydrogen (secondary N) is 1. The van der Waals surface area contributed by atoms with E-state index in [1.54, 1.807) is 36.0 Å². The van der Waals surface area contributed by atoms with E-state index < -0.39 is 0 Å². The summed E-state index contributed by atoms with van der Waals surface area (Å²) in [5.41, 5.74) is 2.12. The van der Waals surface area contributed by atoms with Gasteiger partial charge in [0.25, 0.3) is 0 Å². The second-order valence-corrected chi connectivity index (χ2v) is 5.16. The minimum atomic E-state index is -0.266. The summed E-state index contributed by atoms with van der Waals surface area (Å²) in [4.78, 5) is 12.0. The molecule has 2 aromatic rings.